The van der Waals surface area contributed by atoms with Crippen LogP contribution >= 0.6 is 0 Å². The lowest BCUT2D eigenvalue weighted by Gasteiger charge is -2.18. The van der Waals surface area contributed by atoms with E-state index < -0.39 is 0 Å². The van der Waals surface area contributed by atoms with Crippen molar-refractivity contribution >= 4 is 0 Å². The van der Waals surface area contributed by atoms with E-state index in [2.05, 4.69) is 13.8 Å². The van der Waals surface area contributed by atoms with Gasteiger partial charge in [0.25, 0.3) is 0 Å². The zero-order chi connectivity index (χ0) is 7.56. The van der Waals surface area contributed by atoms with E-state index in [-0.39, 0.29) is 0 Å². The molecule has 1 aliphatic rings. The van der Waals surface area contributed by atoms with Crippen molar-refractivity contribution in [3.8, 4) is 0 Å². The molecule has 10 heavy (non-hydrogen) atoms. The molecule has 60 valence electrons. The van der Waals surface area contributed by atoms with Crippen molar-refractivity contribution < 1.29 is 4.74 Å². The third-order valence-corrected chi connectivity index (χ3v) is 2.41. The average molecular weight is 143 g/mol. The van der Waals surface area contributed by atoms with Gasteiger partial charge in [-0.2, -0.15) is 0 Å². The van der Waals surface area contributed by atoms with Gasteiger partial charge in [-0.25, -0.2) is 0 Å². The molecule has 0 aromatic heterocycles. The zero-order valence-electron chi connectivity index (χ0n) is 6.84. The molecule has 2 N–H and O–H groups in total. The summed E-state index contributed by atoms with van der Waals surface area (Å²) in [5.74, 6) is 2.03. The molecule has 0 saturated carbocycles. The van der Waals surface area contributed by atoms with E-state index in [1.807, 2.05) is 0 Å². The first-order valence-electron chi connectivity index (χ1n) is 4.03. The fraction of sp³-hybridized carbons (Fsp3) is 1.00. The van der Waals surface area contributed by atoms with Crippen LogP contribution < -0.4 is 5.73 Å². The number of nitrogens with two attached hydrogens (primary N) is 1. The van der Waals surface area contributed by atoms with Crippen LogP contribution in [0.4, 0.5) is 0 Å². The van der Waals surface area contributed by atoms with Crippen LogP contribution in [0, 0.1) is 17.8 Å². The molecule has 2 unspecified atom stereocenters. The Morgan fingerprint density at radius 1 is 1.50 bits per heavy atom. The van der Waals surface area contributed by atoms with Gasteiger partial charge in [0.05, 0.1) is 13.2 Å². The highest BCUT2D eigenvalue weighted by Crippen LogP contribution is 2.26. The van der Waals surface area contributed by atoms with Crippen molar-refractivity contribution in [1.82, 2.24) is 0 Å². The minimum Gasteiger partial charge on any atom is -0.381 e. The van der Waals surface area contributed by atoms with Gasteiger partial charge in [-0.05, 0) is 24.3 Å². The second kappa shape index (κ2) is 3.35. The van der Waals surface area contributed by atoms with E-state index in [9.17, 15) is 0 Å². The topological polar surface area (TPSA) is 35.2 Å². The summed E-state index contributed by atoms with van der Waals surface area (Å²) in [6.07, 6.45) is 0. The normalized spacial score (nSPS) is 33.6. The van der Waals surface area contributed by atoms with Crippen LogP contribution in [-0.4, -0.2) is 19.8 Å². The molecule has 1 fully saturated rings. The molecule has 1 aliphatic heterocycles. The van der Waals surface area contributed by atoms with Gasteiger partial charge in [0.1, 0.15) is 0 Å². The Kier molecular flexibility index (Phi) is 2.69. The standard InChI is InChI=1S/C8H17NO/c1-6(2)8-5-10-4-7(8)3-9/h6-8H,3-5,9H2,1-2H3. The van der Waals surface area contributed by atoms with Gasteiger partial charge in [-0.1, -0.05) is 13.8 Å². The molecule has 0 aromatic carbocycles. The van der Waals surface area contributed by atoms with Gasteiger partial charge < -0.3 is 10.5 Å². The second-order valence-electron chi connectivity index (χ2n) is 3.44. The molecule has 0 spiro atoms. The summed E-state index contributed by atoms with van der Waals surface area (Å²) in [6, 6.07) is 0. The van der Waals surface area contributed by atoms with Crippen molar-refractivity contribution in [2.45, 2.75) is 13.8 Å². The van der Waals surface area contributed by atoms with Gasteiger partial charge in [0.15, 0.2) is 0 Å². The Morgan fingerprint density at radius 3 is 2.60 bits per heavy atom. The highest BCUT2D eigenvalue weighted by atomic mass is 16.5. The van der Waals surface area contributed by atoms with Crippen LogP contribution in [0.1, 0.15) is 13.8 Å². The molecule has 1 rings (SSSR count). The molecule has 1 heterocycles. The second-order valence-corrected chi connectivity index (χ2v) is 3.44. The van der Waals surface area contributed by atoms with Crippen molar-refractivity contribution in [2.24, 2.45) is 23.5 Å². The number of hydrogen-bond donors (Lipinski definition) is 1. The smallest absolute Gasteiger partial charge is 0.0510 e. The monoisotopic (exact) mass is 143 g/mol. The van der Waals surface area contributed by atoms with Crippen molar-refractivity contribution in [2.75, 3.05) is 19.8 Å². The van der Waals surface area contributed by atoms with Crippen LogP contribution in [0.2, 0.25) is 0 Å². The third kappa shape index (κ3) is 1.50. The Labute approximate surface area is 62.7 Å². The third-order valence-electron chi connectivity index (χ3n) is 2.41. The zero-order valence-corrected chi connectivity index (χ0v) is 6.84. The molecule has 2 atom stereocenters. The first-order chi connectivity index (χ1) is 4.75. The fourth-order valence-corrected chi connectivity index (χ4v) is 1.59. The molecule has 0 radical (unpaired) electrons. The predicted octanol–water partition coefficient (Wildman–Crippen LogP) is 0.864. The molecular formula is C8H17NO. The quantitative estimate of drug-likeness (QED) is 0.622. The van der Waals surface area contributed by atoms with Gasteiger partial charge in [-0.15, -0.1) is 0 Å². The summed E-state index contributed by atoms with van der Waals surface area (Å²) < 4.78 is 5.34. The van der Waals surface area contributed by atoms with E-state index in [1.54, 1.807) is 0 Å². The van der Waals surface area contributed by atoms with Crippen molar-refractivity contribution in [3.05, 3.63) is 0 Å². The SMILES string of the molecule is CC(C)C1COCC1CN. The Bertz CT molecular complexity index is 103. The Hall–Kier alpha value is -0.0800. The van der Waals surface area contributed by atoms with Crippen LogP contribution in [0.5, 0.6) is 0 Å². The van der Waals surface area contributed by atoms with Crippen LogP contribution in [0.3, 0.4) is 0 Å². The number of hydrogen-bond acceptors (Lipinski definition) is 2. The lowest BCUT2D eigenvalue weighted by Crippen LogP contribution is -2.25. The summed E-state index contributed by atoms with van der Waals surface area (Å²) in [6.45, 7) is 7.05. The lowest BCUT2D eigenvalue weighted by molar-refractivity contribution is 0.175. The van der Waals surface area contributed by atoms with Gasteiger partial charge in [0, 0.05) is 0 Å². The van der Waals surface area contributed by atoms with Crippen LogP contribution in [0.15, 0.2) is 0 Å². The molecule has 2 heteroatoms. The lowest BCUT2D eigenvalue weighted by atomic mass is 9.86. The maximum Gasteiger partial charge on any atom is 0.0510 e. The van der Waals surface area contributed by atoms with Crippen molar-refractivity contribution in [3.63, 3.8) is 0 Å². The van der Waals surface area contributed by atoms with E-state index >= 15 is 0 Å². The molecule has 0 aliphatic carbocycles. The molecule has 0 aromatic rings. The average Bonchev–Trinajstić information content (AvgIpc) is 2.33. The maximum atomic E-state index is 5.58. The largest absolute Gasteiger partial charge is 0.381 e. The van der Waals surface area contributed by atoms with Crippen molar-refractivity contribution in [1.29, 1.82) is 0 Å². The van der Waals surface area contributed by atoms with Crippen LogP contribution in [0.25, 0.3) is 0 Å². The van der Waals surface area contributed by atoms with E-state index in [4.69, 9.17) is 10.5 Å². The Morgan fingerprint density at radius 2 is 2.20 bits per heavy atom. The van der Waals surface area contributed by atoms with E-state index in [0.717, 1.165) is 25.7 Å². The molecule has 2 nitrogen and oxygen atoms in total. The summed E-state index contributed by atoms with van der Waals surface area (Å²) in [5, 5.41) is 0. The van der Waals surface area contributed by atoms with Gasteiger partial charge in [0.2, 0.25) is 0 Å². The molecular weight excluding hydrogens is 126 g/mol. The highest BCUT2D eigenvalue weighted by molar-refractivity contribution is 4.77. The van der Waals surface area contributed by atoms with Gasteiger partial charge in [-0.3, -0.25) is 0 Å². The highest BCUT2D eigenvalue weighted by Gasteiger charge is 2.28. The van der Waals surface area contributed by atoms with Crippen LogP contribution in [-0.2, 0) is 4.74 Å². The molecule has 1 saturated heterocycles. The minimum atomic E-state index is 0.611. The summed E-state index contributed by atoms with van der Waals surface area (Å²) in [4.78, 5) is 0. The van der Waals surface area contributed by atoms with E-state index in [1.165, 1.54) is 0 Å². The number of ether oxygens (including phenoxy) is 1. The number of rotatable bonds is 2. The fourth-order valence-electron chi connectivity index (χ4n) is 1.59. The summed E-state index contributed by atoms with van der Waals surface area (Å²) in [7, 11) is 0. The first-order valence-corrected chi connectivity index (χ1v) is 4.03. The van der Waals surface area contributed by atoms with Gasteiger partial charge >= 0.3 is 0 Å². The summed E-state index contributed by atoms with van der Waals surface area (Å²) in [5.41, 5.74) is 5.58. The summed E-state index contributed by atoms with van der Waals surface area (Å²) >= 11 is 0. The Balaban J connectivity index is 2.42. The molecule has 0 bridgehead atoms. The van der Waals surface area contributed by atoms with E-state index in [0.29, 0.717) is 11.8 Å². The first kappa shape index (κ1) is 8.02. The molecule has 0 amide bonds. The minimum absolute atomic E-state index is 0.611. The predicted molar refractivity (Wildman–Crippen MR) is 41.7 cm³/mol. The maximum absolute atomic E-state index is 5.58.